The molecule has 2 rings (SSSR count). The lowest BCUT2D eigenvalue weighted by Crippen LogP contribution is -2.27. The van der Waals surface area contributed by atoms with Crippen LogP contribution in [0.15, 0.2) is 48.5 Å². The maximum absolute atomic E-state index is 12.0. The van der Waals surface area contributed by atoms with Gasteiger partial charge in [-0.3, -0.25) is 4.79 Å². The van der Waals surface area contributed by atoms with E-state index >= 15 is 0 Å². The van der Waals surface area contributed by atoms with Gasteiger partial charge in [-0.05, 0) is 36.6 Å². The molecule has 0 aliphatic heterocycles. The fraction of sp³-hybridized carbons (Fsp3) is 0.278. The zero-order valence-corrected chi connectivity index (χ0v) is 12.9. The number of amides is 1. The summed E-state index contributed by atoms with van der Waals surface area (Å²) in [5, 5.41) is 2.85. The molecular weight excluding hydrogens is 300 g/mol. The number of alkyl halides is 2. The van der Waals surface area contributed by atoms with Crippen molar-refractivity contribution in [2.24, 2.45) is 0 Å². The molecule has 0 aromatic heterocycles. The van der Waals surface area contributed by atoms with Gasteiger partial charge in [-0.2, -0.15) is 8.78 Å². The predicted octanol–water partition coefficient (Wildman–Crippen LogP) is 3.50. The molecule has 0 fully saturated rings. The molecule has 5 heteroatoms. The first-order chi connectivity index (χ1) is 11.0. The number of ether oxygens (including phenoxy) is 1. The van der Waals surface area contributed by atoms with Crippen molar-refractivity contribution in [3.63, 3.8) is 0 Å². The molecule has 1 N–H and O–H groups in total. The molecule has 2 aromatic carbocycles. The van der Waals surface area contributed by atoms with Gasteiger partial charge in [-0.15, -0.1) is 0 Å². The van der Waals surface area contributed by atoms with E-state index in [-0.39, 0.29) is 11.7 Å². The van der Waals surface area contributed by atoms with Gasteiger partial charge in [0.15, 0.2) is 0 Å². The first-order valence-electron chi connectivity index (χ1n) is 7.39. The Labute approximate surface area is 134 Å². The van der Waals surface area contributed by atoms with Gasteiger partial charge < -0.3 is 10.1 Å². The molecule has 122 valence electrons. The van der Waals surface area contributed by atoms with Crippen molar-refractivity contribution in [2.45, 2.75) is 26.4 Å². The molecule has 3 nitrogen and oxygen atoms in total. The normalized spacial score (nSPS) is 10.6. The van der Waals surface area contributed by atoms with Gasteiger partial charge in [-0.25, -0.2) is 0 Å². The van der Waals surface area contributed by atoms with Gasteiger partial charge in [0.05, 0.1) is 6.42 Å². The average molecular weight is 319 g/mol. The molecule has 23 heavy (non-hydrogen) atoms. The van der Waals surface area contributed by atoms with E-state index in [4.69, 9.17) is 0 Å². The van der Waals surface area contributed by atoms with Gasteiger partial charge in [-0.1, -0.05) is 42.0 Å². The third-order valence-corrected chi connectivity index (χ3v) is 3.37. The second kappa shape index (κ2) is 8.27. The number of rotatable bonds is 7. The molecule has 2 aromatic rings. The van der Waals surface area contributed by atoms with Crippen LogP contribution >= 0.6 is 0 Å². The quantitative estimate of drug-likeness (QED) is 0.848. The zero-order chi connectivity index (χ0) is 16.7. The van der Waals surface area contributed by atoms with Crippen LogP contribution in [0.2, 0.25) is 0 Å². The van der Waals surface area contributed by atoms with Crippen molar-refractivity contribution in [3.05, 3.63) is 65.2 Å². The fourth-order valence-electron chi connectivity index (χ4n) is 2.14. The Hall–Kier alpha value is -2.43. The van der Waals surface area contributed by atoms with Crippen LogP contribution in [0, 0.1) is 6.92 Å². The number of hydrogen-bond acceptors (Lipinski definition) is 2. The van der Waals surface area contributed by atoms with E-state index in [9.17, 15) is 13.6 Å². The van der Waals surface area contributed by atoms with Crippen molar-refractivity contribution in [1.29, 1.82) is 0 Å². The Kier molecular flexibility index (Phi) is 6.09. The third-order valence-electron chi connectivity index (χ3n) is 3.37. The largest absolute Gasteiger partial charge is 0.435 e. The molecule has 0 bridgehead atoms. The lowest BCUT2D eigenvalue weighted by Gasteiger charge is -2.07. The van der Waals surface area contributed by atoms with Crippen LogP contribution in [0.4, 0.5) is 8.78 Å². The number of aryl methyl sites for hydroxylation is 1. The molecule has 0 saturated heterocycles. The molecule has 0 atom stereocenters. The summed E-state index contributed by atoms with van der Waals surface area (Å²) >= 11 is 0. The molecular formula is C18H19F2NO2. The standard InChI is InChI=1S/C18H19F2NO2/c1-13-2-4-15(5-3-13)12-17(22)21-11-10-14-6-8-16(9-7-14)23-18(19)20/h2-9,18H,10-12H2,1H3,(H,21,22). The van der Waals surface area contributed by atoms with Crippen molar-refractivity contribution in [2.75, 3.05) is 6.54 Å². The first-order valence-corrected chi connectivity index (χ1v) is 7.39. The van der Waals surface area contributed by atoms with Crippen LogP contribution in [-0.2, 0) is 17.6 Å². The van der Waals surface area contributed by atoms with Crippen molar-refractivity contribution >= 4 is 5.91 Å². The number of benzene rings is 2. The Morgan fingerprint density at radius 3 is 2.26 bits per heavy atom. The minimum atomic E-state index is -2.82. The molecule has 0 unspecified atom stereocenters. The zero-order valence-electron chi connectivity index (χ0n) is 12.9. The van der Waals surface area contributed by atoms with Gasteiger partial charge in [0.2, 0.25) is 5.91 Å². The van der Waals surface area contributed by atoms with E-state index < -0.39 is 6.61 Å². The maximum atomic E-state index is 12.0. The number of carbonyl (C=O) groups is 1. The number of halogens is 2. The minimum absolute atomic E-state index is 0.0356. The summed E-state index contributed by atoms with van der Waals surface area (Å²) in [5.74, 6) is 0.0960. The monoisotopic (exact) mass is 319 g/mol. The third kappa shape index (κ3) is 6.06. The van der Waals surface area contributed by atoms with E-state index in [2.05, 4.69) is 10.1 Å². The molecule has 0 aliphatic rings. The van der Waals surface area contributed by atoms with E-state index in [1.54, 1.807) is 12.1 Å². The van der Waals surface area contributed by atoms with Crippen LogP contribution in [0.25, 0.3) is 0 Å². The molecule has 0 spiro atoms. The van der Waals surface area contributed by atoms with Gasteiger partial charge in [0.25, 0.3) is 0 Å². The van der Waals surface area contributed by atoms with E-state index in [1.165, 1.54) is 12.1 Å². The highest BCUT2D eigenvalue weighted by molar-refractivity contribution is 5.78. The SMILES string of the molecule is Cc1ccc(CC(=O)NCCc2ccc(OC(F)F)cc2)cc1. The van der Waals surface area contributed by atoms with E-state index in [0.29, 0.717) is 19.4 Å². The topological polar surface area (TPSA) is 38.3 Å². The van der Waals surface area contributed by atoms with Gasteiger partial charge in [0, 0.05) is 6.54 Å². The highest BCUT2D eigenvalue weighted by Gasteiger charge is 2.05. The highest BCUT2D eigenvalue weighted by atomic mass is 19.3. The highest BCUT2D eigenvalue weighted by Crippen LogP contribution is 2.15. The first kappa shape index (κ1) is 16.9. The van der Waals surface area contributed by atoms with Crippen LogP contribution in [0.3, 0.4) is 0 Å². The number of hydrogen-bond donors (Lipinski definition) is 1. The number of nitrogens with one attached hydrogen (secondary N) is 1. The summed E-state index contributed by atoms with van der Waals surface area (Å²) in [4.78, 5) is 11.8. The van der Waals surface area contributed by atoms with Crippen LogP contribution in [-0.4, -0.2) is 19.1 Å². The molecule has 1 amide bonds. The summed E-state index contributed by atoms with van der Waals surface area (Å²) in [6.07, 6.45) is 0.982. The molecule has 0 aliphatic carbocycles. The summed E-state index contributed by atoms with van der Waals surface area (Å²) in [5.41, 5.74) is 3.08. The second-order valence-corrected chi connectivity index (χ2v) is 5.28. The average Bonchev–Trinajstić information content (AvgIpc) is 2.51. The Morgan fingerprint density at radius 1 is 1.04 bits per heavy atom. The molecule has 0 saturated carbocycles. The van der Waals surface area contributed by atoms with E-state index in [0.717, 1.165) is 16.7 Å². The van der Waals surface area contributed by atoms with Gasteiger partial charge >= 0.3 is 6.61 Å². The smallest absolute Gasteiger partial charge is 0.387 e. The Morgan fingerprint density at radius 2 is 1.65 bits per heavy atom. The summed E-state index contributed by atoms with van der Waals surface area (Å²) in [7, 11) is 0. The lowest BCUT2D eigenvalue weighted by atomic mass is 10.1. The fourth-order valence-corrected chi connectivity index (χ4v) is 2.14. The lowest BCUT2D eigenvalue weighted by molar-refractivity contribution is -0.120. The van der Waals surface area contributed by atoms with Crippen molar-refractivity contribution in [1.82, 2.24) is 5.32 Å². The molecule has 0 radical (unpaired) electrons. The summed E-state index contributed by atoms with van der Waals surface area (Å²) in [6, 6.07) is 14.3. The van der Waals surface area contributed by atoms with Crippen LogP contribution in [0.5, 0.6) is 5.75 Å². The number of carbonyl (C=O) groups excluding carboxylic acids is 1. The minimum Gasteiger partial charge on any atom is -0.435 e. The van der Waals surface area contributed by atoms with Crippen molar-refractivity contribution < 1.29 is 18.3 Å². The molecule has 0 heterocycles. The van der Waals surface area contributed by atoms with Crippen LogP contribution in [0.1, 0.15) is 16.7 Å². The second-order valence-electron chi connectivity index (χ2n) is 5.28. The predicted molar refractivity (Wildman–Crippen MR) is 84.7 cm³/mol. The Bertz CT molecular complexity index is 624. The van der Waals surface area contributed by atoms with Crippen molar-refractivity contribution in [3.8, 4) is 5.75 Å². The Balaban J connectivity index is 1.73. The van der Waals surface area contributed by atoms with Crippen LogP contribution < -0.4 is 10.1 Å². The maximum Gasteiger partial charge on any atom is 0.387 e. The van der Waals surface area contributed by atoms with E-state index in [1.807, 2.05) is 31.2 Å². The van der Waals surface area contributed by atoms with Gasteiger partial charge in [0.1, 0.15) is 5.75 Å². The summed E-state index contributed by atoms with van der Waals surface area (Å²) < 4.78 is 28.4. The summed E-state index contributed by atoms with van der Waals surface area (Å²) in [6.45, 7) is -0.316.